The third-order valence-corrected chi connectivity index (χ3v) is 4.41. The third kappa shape index (κ3) is 3.45. The zero-order valence-electron chi connectivity index (χ0n) is 15.4. The van der Waals surface area contributed by atoms with Crippen molar-refractivity contribution in [3.05, 3.63) is 54.4 Å². The molecule has 28 heavy (non-hydrogen) atoms. The lowest BCUT2D eigenvalue weighted by atomic mass is 10.1. The monoisotopic (exact) mass is 382 g/mol. The van der Waals surface area contributed by atoms with Crippen molar-refractivity contribution in [2.45, 2.75) is 19.9 Å². The van der Waals surface area contributed by atoms with E-state index in [2.05, 4.69) is 26.3 Å². The van der Waals surface area contributed by atoms with Crippen LogP contribution in [0.15, 0.2) is 36.7 Å². The predicted molar refractivity (Wildman–Crippen MR) is 102 cm³/mol. The summed E-state index contributed by atoms with van der Waals surface area (Å²) in [5.41, 5.74) is 0.893. The van der Waals surface area contributed by atoms with Gasteiger partial charge in [0, 0.05) is 23.9 Å². The summed E-state index contributed by atoms with van der Waals surface area (Å²) in [4.78, 5) is 14.3. The van der Waals surface area contributed by atoms with Crippen LogP contribution in [0.25, 0.3) is 11.3 Å². The lowest BCUT2D eigenvalue weighted by Gasteiger charge is -2.34. The summed E-state index contributed by atoms with van der Waals surface area (Å²) in [7, 11) is 0. The van der Waals surface area contributed by atoms with Gasteiger partial charge in [0.2, 0.25) is 5.95 Å². The van der Waals surface area contributed by atoms with Crippen molar-refractivity contribution >= 4 is 17.5 Å². The molecule has 0 amide bonds. The Morgan fingerprint density at radius 2 is 2.07 bits per heavy atom. The number of benzene rings is 1. The highest BCUT2D eigenvalue weighted by atomic mass is 19.1. The van der Waals surface area contributed by atoms with Crippen LogP contribution >= 0.6 is 0 Å². The highest BCUT2D eigenvalue weighted by molar-refractivity contribution is 5.73. The molecule has 1 N–H and O–H groups in total. The average molecular weight is 382 g/mol. The second-order valence-electron chi connectivity index (χ2n) is 6.60. The number of ether oxygens (including phenoxy) is 1. The van der Waals surface area contributed by atoms with Gasteiger partial charge in [-0.25, -0.2) is 23.7 Å². The first-order valence-electron chi connectivity index (χ1n) is 8.88. The number of nitrogens with one attached hydrogen (secondary N) is 1. The van der Waals surface area contributed by atoms with Gasteiger partial charge in [-0.3, -0.25) is 0 Å². The largest absolute Gasteiger partial charge is 0.486 e. The summed E-state index contributed by atoms with van der Waals surface area (Å²) in [5, 5.41) is 2.90. The van der Waals surface area contributed by atoms with E-state index in [0.29, 0.717) is 30.2 Å². The fourth-order valence-electron chi connectivity index (χ4n) is 3.11. The lowest BCUT2D eigenvalue weighted by molar-refractivity contribution is 0.287. The molecule has 143 valence electrons. The van der Waals surface area contributed by atoms with E-state index >= 15 is 0 Å². The van der Waals surface area contributed by atoms with E-state index in [1.807, 2.05) is 18.7 Å². The summed E-state index contributed by atoms with van der Waals surface area (Å²) in [5.74, 6) is -0.364. The topological polar surface area (TPSA) is 63.2 Å². The second-order valence-corrected chi connectivity index (χ2v) is 6.60. The Kier molecular flexibility index (Phi) is 4.77. The molecule has 1 aromatic carbocycles. The number of halogens is 2. The minimum absolute atomic E-state index is 0.00373. The van der Waals surface area contributed by atoms with Gasteiger partial charge < -0.3 is 15.0 Å². The molecule has 0 bridgehead atoms. The summed E-state index contributed by atoms with van der Waals surface area (Å²) in [6.45, 7) is 5.05. The Labute approximate surface area is 161 Å². The van der Waals surface area contributed by atoms with Crippen LogP contribution in [0.4, 0.5) is 26.2 Å². The van der Waals surface area contributed by atoms with E-state index < -0.39 is 11.6 Å². The highest BCUT2D eigenvalue weighted by Crippen LogP contribution is 2.39. The minimum Gasteiger partial charge on any atom is -0.486 e. The van der Waals surface area contributed by atoms with Gasteiger partial charge in [0.1, 0.15) is 18.1 Å². The number of aromatic nitrogens is 3. The molecule has 1 aliphatic heterocycles. The predicted octanol–water partition coefficient (Wildman–Crippen LogP) is 3.97. The Morgan fingerprint density at radius 1 is 1.21 bits per heavy atom. The van der Waals surface area contributed by atoms with Gasteiger partial charge in [-0.05, 0) is 38.1 Å². The van der Waals surface area contributed by atoms with Gasteiger partial charge in [-0.1, -0.05) is 0 Å². The van der Waals surface area contributed by atoms with Gasteiger partial charge in [0.25, 0.3) is 0 Å². The summed E-state index contributed by atoms with van der Waals surface area (Å²) in [6, 6.07) is 9.24. The molecule has 0 saturated carbocycles. The number of nitrogens with zero attached hydrogens (tertiary/aromatic N) is 4. The average Bonchev–Trinajstić information content (AvgIpc) is 2.69. The molecule has 4 rings (SSSR count). The normalized spacial score (nSPS) is 13.2. The van der Waals surface area contributed by atoms with Gasteiger partial charge in [-0.15, -0.1) is 0 Å². The SMILES string of the molecule is CC(C)N1CCOc2c(F)cc(-c3nc(Nc4cc[c]cn4)ncc3F)cc21. The number of pyridine rings is 1. The maximum Gasteiger partial charge on any atom is 0.229 e. The number of hydrogen-bond donors (Lipinski definition) is 1. The van der Waals surface area contributed by atoms with Gasteiger partial charge in [0.05, 0.1) is 18.4 Å². The molecule has 1 radical (unpaired) electrons. The van der Waals surface area contributed by atoms with Crippen molar-refractivity contribution in [3.8, 4) is 17.0 Å². The molecule has 3 aromatic rings. The standard InChI is InChI=1S/C20H18F2N5O/c1-12(2)27-7-8-28-19-14(21)9-13(10-16(19)27)18-15(22)11-24-20(26-18)25-17-5-3-4-6-23-17/h3,5-6,9-12H,7-8H2,1-2H3,(H,23,24,25,26). The quantitative estimate of drug-likeness (QED) is 0.737. The van der Waals surface area contributed by atoms with Crippen molar-refractivity contribution in [2.75, 3.05) is 23.4 Å². The van der Waals surface area contributed by atoms with Crippen LogP contribution in [0.2, 0.25) is 0 Å². The van der Waals surface area contributed by atoms with E-state index in [0.717, 1.165) is 6.20 Å². The van der Waals surface area contributed by atoms with Crippen LogP contribution in [-0.4, -0.2) is 34.1 Å². The first-order chi connectivity index (χ1) is 13.5. The van der Waals surface area contributed by atoms with Gasteiger partial charge in [0.15, 0.2) is 17.4 Å². The smallest absolute Gasteiger partial charge is 0.229 e. The zero-order chi connectivity index (χ0) is 19.7. The van der Waals surface area contributed by atoms with Crippen molar-refractivity contribution < 1.29 is 13.5 Å². The molecule has 0 aliphatic carbocycles. The molecule has 0 unspecified atom stereocenters. The van der Waals surface area contributed by atoms with Crippen molar-refractivity contribution in [1.82, 2.24) is 15.0 Å². The van der Waals surface area contributed by atoms with E-state index in [9.17, 15) is 8.78 Å². The van der Waals surface area contributed by atoms with Crippen molar-refractivity contribution in [1.29, 1.82) is 0 Å². The van der Waals surface area contributed by atoms with E-state index in [1.165, 1.54) is 12.3 Å². The zero-order valence-corrected chi connectivity index (χ0v) is 15.4. The molecule has 0 atom stereocenters. The van der Waals surface area contributed by atoms with Crippen LogP contribution in [0.3, 0.4) is 0 Å². The van der Waals surface area contributed by atoms with Crippen molar-refractivity contribution in [3.63, 3.8) is 0 Å². The molecular weight excluding hydrogens is 364 g/mol. The van der Waals surface area contributed by atoms with Gasteiger partial charge >= 0.3 is 0 Å². The summed E-state index contributed by atoms with van der Waals surface area (Å²) in [6.07, 6.45) is 2.54. The maximum absolute atomic E-state index is 14.7. The molecule has 2 aromatic heterocycles. The van der Waals surface area contributed by atoms with Crippen molar-refractivity contribution in [2.24, 2.45) is 0 Å². The van der Waals surface area contributed by atoms with E-state index in [-0.39, 0.29) is 23.4 Å². The number of hydrogen-bond acceptors (Lipinski definition) is 6. The Hall–Kier alpha value is -3.29. The molecule has 0 saturated heterocycles. The maximum atomic E-state index is 14.7. The Bertz CT molecular complexity index is 997. The summed E-state index contributed by atoms with van der Waals surface area (Å²) < 4.78 is 34.7. The molecule has 1 aliphatic rings. The van der Waals surface area contributed by atoms with Crippen LogP contribution in [0.1, 0.15) is 13.8 Å². The third-order valence-electron chi connectivity index (χ3n) is 4.41. The fourth-order valence-corrected chi connectivity index (χ4v) is 3.11. The fraction of sp³-hybridized carbons (Fsp3) is 0.250. The van der Waals surface area contributed by atoms with Gasteiger partial charge in [-0.2, -0.15) is 0 Å². The molecular formula is C20H18F2N5O. The van der Waals surface area contributed by atoms with Crippen LogP contribution in [0.5, 0.6) is 5.75 Å². The molecule has 0 spiro atoms. The number of rotatable bonds is 4. The molecule has 3 heterocycles. The molecule has 8 heteroatoms. The Balaban J connectivity index is 1.76. The number of anilines is 3. The van der Waals surface area contributed by atoms with E-state index in [4.69, 9.17) is 4.74 Å². The summed E-state index contributed by atoms with van der Waals surface area (Å²) >= 11 is 0. The minimum atomic E-state index is -0.646. The van der Waals surface area contributed by atoms with E-state index in [1.54, 1.807) is 18.2 Å². The first kappa shape index (κ1) is 18.1. The molecule has 6 nitrogen and oxygen atoms in total. The highest BCUT2D eigenvalue weighted by Gasteiger charge is 2.25. The van der Waals surface area contributed by atoms with Crippen LogP contribution in [0, 0.1) is 17.7 Å². The second kappa shape index (κ2) is 7.38. The lowest BCUT2D eigenvalue weighted by Crippen LogP contribution is -2.38. The first-order valence-corrected chi connectivity index (χ1v) is 8.88. The molecule has 0 fully saturated rings. The van der Waals surface area contributed by atoms with Crippen LogP contribution in [-0.2, 0) is 0 Å². The number of fused-ring (bicyclic) bond motifs is 1. The Morgan fingerprint density at radius 3 is 2.82 bits per heavy atom. The van der Waals surface area contributed by atoms with Crippen LogP contribution < -0.4 is 15.0 Å².